The summed E-state index contributed by atoms with van der Waals surface area (Å²) in [6.45, 7) is 5.70. The van der Waals surface area contributed by atoms with Crippen LogP contribution in [0.4, 0.5) is 5.69 Å². The van der Waals surface area contributed by atoms with Crippen molar-refractivity contribution in [3.63, 3.8) is 0 Å². The Kier molecular flexibility index (Phi) is 7.63. The van der Waals surface area contributed by atoms with Gasteiger partial charge in [-0.15, -0.1) is 0 Å². The molecule has 0 radical (unpaired) electrons. The molecule has 0 amide bonds. The third-order valence-corrected chi connectivity index (χ3v) is 5.53. The largest absolute Gasteiger partial charge is 0.483 e. The Labute approximate surface area is 198 Å². The summed E-state index contributed by atoms with van der Waals surface area (Å²) < 4.78 is 7.79. The first kappa shape index (κ1) is 23.9. The van der Waals surface area contributed by atoms with Crippen molar-refractivity contribution in [3.05, 3.63) is 71.7 Å². The standard InChI is InChI=1S/C22H22BrClN4O4/c1-4-6-20-26-18-8-7-15(23)10-17(18)22(29)27(20)25-12-14-9-16(24)11-19(28(30)31)21(14)32-13(3)5-2/h7-13H,4-6H2,1-3H3/t13-/m0/s1. The Morgan fingerprint density at radius 2 is 2.09 bits per heavy atom. The van der Waals surface area contributed by atoms with Gasteiger partial charge in [0, 0.05) is 27.5 Å². The van der Waals surface area contributed by atoms with Crippen molar-refractivity contribution in [1.82, 2.24) is 9.66 Å². The topological polar surface area (TPSA) is 99.6 Å². The highest BCUT2D eigenvalue weighted by Gasteiger charge is 2.22. The molecule has 3 rings (SSSR count). The van der Waals surface area contributed by atoms with Crippen LogP contribution in [-0.4, -0.2) is 26.9 Å². The fourth-order valence-corrected chi connectivity index (χ4v) is 3.65. The minimum absolute atomic E-state index is 0.0547. The van der Waals surface area contributed by atoms with Gasteiger partial charge in [0.1, 0.15) is 5.82 Å². The highest BCUT2D eigenvalue weighted by atomic mass is 79.9. The molecule has 0 aliphatic rings. The Morgan fingerprint density at radius 1 is 1.34 bits per heavy atom. The maximum Gasteiger partial charge on any atom is 0.313 e. The molecule has 168 valence electrons. The monoisotopic (exact) mass is 520 g/mol. The first-order chi connectivity index (χ1) is 15.2. The van der Waals surface area contributed by atoms with E-state index in [1.54, 1.807) is 12.1 Å². The van der Waals surface area contributed by atoms with Crippen molar-refractivity contribution >= 4 is 50.3 Å². The number of nitrogens with zero attached hydrogens (tertiary/aromatic N) is 4. The first-order valence-electron chi connectivity index (χ1n) is 10.1. The zero-order chi connectivity index (χ0) is 23.4. The number of ether oxygens (including phenoxy) is 1. The Balaban J connectivity index is 2.20. The number of hydrogen-bond acceptors (Lipinski definition) is 6. The summed E-state index contributed by atoms with van der Waals surface area (Å²) >= 11 is 9.49. The fourth-order valence-electron chi connectivity index (χ4n) is 3.06. The zero-order valence-corrected chi connectivity index (χ0v) is 20.2. The molecule has 0 unspecified atom stereocenters. The van der Waals surface area contributed by atoms with Crippen LogP contribution >= 0.6 is 27.5 Å². The second kappa shape index (κ2) is 10.2. The predicted molar refractivity (Wildman–Crippen MR) is 129 cm³/mol. The highest BCUT2D eigenvalue weighted by molar-refractivity contribution is 9.10. The smallest absolute Gasteiger partial charge is 0.313 e. The fraction of sp³-hybridized carbons (Fsp3) is 0.318. The van der Waals surface area contributed by atoms with Gasteiger partial charge in [-0.05, 0) is 44.0 Å². The van der Waals surface area contributed by atoms with Gasteiger partial charge in [-0.25, -0.2) is 4.98 Å². The van der Waals surface area contributed by atoms with E-state index in [0.717, 1.165) is 10.9 Å². The number of hydrogen-bond donors (Lipinski definition) is 0. The first-order valence-corrected chi connectivity index (χ1v) is 11.3. The summed E-state index contributed by atoms with van der Waals surface area (Å²) in [5, 5.41) is 16.5. The molecule has 0 saturated heterocycles. The van der Waals surface area contributed by atoms with Crippen molar-refractivity contribution in [2.24, 2.45) is 5.10 Å². The van der Waals surface area contributed by atoms with Gasteiger partial charge in [-0.3, -0.25) is 14.9 Å². The number of nitro benzene ring substituents is 1. The molecular weight excluding hydrogens is 500 g/mol. The minimum Gasteiger partial charge on any atom is -0.483 e. The molecule has 0 fully saturated rings. The molecule has 0 spiro atoms. The highest BCUT2D eigenvalue weighted by Crippen LogP contribution is 2.34. The number of fused-ring (bicyclic) bond motifs is 1. The van der Waals surface area contributed by atoms with Crippen molar-refractivity contribution in [3.8, 4) is 5.75 Å². The summed E-state index contributed by atoms with van der Waals surface area (Å²) in [7, 11) is 0. The van der Waals surface area contributed by atoms with Crippen molar-refractivity contribution in [1.29, 1.82) is 0 Å². The molecule has 0 aliphatic carbocycles. The maximum atomic E-state index is 13.2. The number of benzene rings is 2. The molecular formula is C22H22BrClN4O4. The van der Waals surface area contributed by atoms with Crippen LogP contribution in [-0.2, 0) is 6.42 Å². The molecule has 10 heteroatoms. The third kappa shape index (κ3) is 5.16. The molecule has 1 aromatic heterocycles. The van der Waals surface area contributed by atoms with E-state index in [0.29, 0.717) is 35.1 Å². The summed E-state index contributed by atoms with van der Waals surface area (Å²) in [6.07, 6.45) is 3.03. The lowest BCUT2D eigenvalue weighted by Gasteiger charge is -2.15. The second-order valence-corrected chi connectivity index (χ2v) is 8.59. The van der Waals surface area contributed by atoms with Crippen molar-refractivity contribution in [2.75, 3.05) is 0 Å². The van der Waals surface area contributed by atoms with E-state index >= 15 is 0 Å². The van der Waals surface area contributed by atoms with Crippen LogP contribution in [0.1, 0.15) is 45.0 Å². The van der Waals surface area contributed by atoms with Gasteiger partial charge >= 0.3 is 5.69 Å². The van der Waals surface area contributed by atoms with Gasteiger partial charge in [-0.1, -0.05) is 41.4 Å². The van der Waals surface area contributed by atoms with Crippen LogP contribution in [0.3, 0.4) is 0 Å². The van der Waals surface area contributed by atoms with Gasteiger partial charge in [0.05, 0.1) is 28.1 Å². The molecule has 1 heterocycles. The Hall–Kier alpha value is -2.78. The normalized spacial score (nSPS) is 12.4. The van der Waals surface area contributed by atoms with Crippen LogP contribution in [0.15, 0.2) is 44.7 Å². The molecule has 8 nitrogen and oxygen atoms in total. The number of nitro groups is 1. The lowest BCUT2D eigenvalue weighted by molar-refractivity contribution is -0.386. The van der Waals surface area contributed by atoms with Crippen molar-refractivity contribution in [2.45, 2.75) is 46.1 Å². The van der Waals surface area contributed by atoms with E-state index in [1.165, 1.54) is 23.0 Å². The quantitative estimate of drug-likeness (QED) is 0.214. The van der Waals surface area contributed by atoms with Gasteiger partial charge < -0.3 is 4.74 Å². The molecule has 2 aromatic carbocycles. The van der Waals surface area contributed by atoms with E-state index in [9.17, 15) is 14.9 Å². The predicted octanol–water partition coefficient (Wildman–Crippen LogP) is 5.73. The molecule has 0 aliphatic heterocycles. The van der Waals surface area contributed by atoms with Crippen LogP contribution in [0.5, 0.6) is 5.75 Å². The van der Waals surface area contributed by atoms with E-state index in [1.807, 2.05) is 26.8 Å². The Bertz CT molecular complexity index is 1260. The second-order valence-electron chi connectivity index (χ2n) is 7.24. The molecule has 0 N–H and O–H groups in total. The maximum absolute atomic E-state index is 13.2. The van der Waals surface area contributed by atoms with Gasteiger partial charge in [-0.2, -0.15) is 9.78 Å². The van der Waals surface area contributed by atoms with E-state index < -0.39 is 4.92 Å². The number of rotatable bonds is 8. The number of halogens is 2. The number of aryl methyl sites for hydroxylation is 1. The summed E-state index contributed by atoms with van der Waals surface area (Å²) in [5.41, 5.74) is 0.276. The molecule has 0 bridgehead atoms. The molecule has 3 aromatic rings. The third-order valence-electron chi connectivity index (χ3n) is 4.81. The van der Waals surface area contributed by atoms with Gasteiger partial charge in [0.2, 0.25) is 5.75 Å². The minimum atomic E-state index is -0.551. The van der Waals surface area contributed by atoms with Gasteiger partial charge in [0.15, 0.2) is 0 Å². The van der Waals surface area contributed by atoms with Crippen LogP contribution in [0.2, 0.25) is 5.02 Å². The summed E-state index contributed by atoms with van der Waals surface area (Å²) in [5.74, 6) is 0.545. The average molecular weight is 522 g/mol. The van der Waals surface area contributed by atoms with E-state index in [4.69, 9.17) is 16.3 Å². The number of aromatic nitrogens is 2. The zero-order valence-electron chi connectivity index (χ0n) is 17.8. The lowest BCUT2D eigenvalue weighted by Crippen LogP contribution is -2.22. The Morgan fingerprint density at radius 3 is 2.75 bits per heavy atom. The van der Waals surface area contributed by atoms with E-state index in [-0.39, 0.29) is 28.1 Å². The lowest BCUT2D eigenvalue weighted by atomic mass is 10.1. The van der Waals surface area contributed by atoms with Crippen LogP contribution in [0.25, 0.3) is 10.9 Å². The van der Waals surface area contributed by atoms with Gasteiger partial charge in [0.25, 0.3) is 5.56 Å². The average Bonchev–Trinajstić information content (AvgIpc) is 2.75. The SMILES string of the molecule is CCCc1nc2ccc(Br)cc2c(=O)n1N=Cc1cc(Cl)cc([N+](=O)[O-])c1O[C@@H](C)CC. The van der Waals surface area contributed by atoms with Crippen LogP contribution in [0, 0.1) is 10.1 Å². The summed E-state index contributed by atoms with van der Waals surface area (Å²) in [4.78, 5) is 28.8. The van der Waals surface area contributed by atoms with E-state index in [2.05, 4.69) is 26.0 Å². The van der Waals surface area contributed by atoms with Crippen LogP contribution < -0.4 is 10.3 Å². The molecule has 0 saturated carbocycles. The molecule has 1 atom stereocenters. The van der Waals surface area contributed by atoms with Crippen molar-refractivity contribution < 1.29 is 9.66 Å². The summed E-state index contributed by atoms with van der Waals surface area (Å²) in [6, 6.07) is 8.04. The molecule has 32 heavy (non-hydrogen) atoms.